The lowest BCUT2D eigenvalue weighted by Gasteiger charge is -2.25. The van der Waals surface area contributed by atoms with Gasteiger partial charge in [-0.05, 0) is 102 Å². The maximum absolute atomic E-state index is 5.30. The van der Waals surface area contributed by atoms with Crippen LogP contribution in [0, 0.1) is 0 Å². The fourth-order valence-corrected chi connectivity index (χ4v) is 8.80. The van der Waals surface area contributed by atoms with Gasteiger partial charge in [-0.3, -0.25) is 0 Å². The molecule has 0 aliphatic heterocycles. The lowest BCUT2D eigenvalue weighted by Crippen LogP contribution is -2.10. The molecule has 8 aromatic carbocycles. The first-order valence-electron chi connectivity index (χ1n) is 17.3. The Hall–Kier alpha value is -5.83. The summed E-state index contributed by atoms with van der Waals surface area (Å²) >= 11 is 5.30. The lowest BCUT2D eigenvalue weighted by molar-refractivity contribution is 0.810. The van der Waals surface area contributed by atoms with Crippen LogP contribution in [0.1, 0.15) is 28.0 Å². The molecule has 1 nitrogen and oxygen atoms in total. The van der Waals surface area contributed by atoms with E-state index in [0.717, 1.165) is 5.69 Å². The van der Waals surface area contributed by atoms with Crippen LogP contribution < -0.4 is 0 Å². The van der Waals surface area contributed by atoms with Crippen LogP contribution in [0.15, 0.2) is 176 Å². The zero-order chi connectivity index (χ0) is 33.2. The Balaban J connectivity index is 1.12. The maximum Gasteiger partial charge on any atom is 0.0544 e. The third-order valence-corrected chi connectivity index (χ3v) is 11.2. The van der Waals surface area contributed by atoms with Crippen molar-refractivity contribution in [1.29, 1.82) is 0 Å². The van der Waals surface area contributed by atoms with Gasteiger partial charge in [0.25, 0.3) is 0 Å². The molecular formula is C48H33NS. The molecule has 2 heteroatoms. The first-order valence-corrected chi connectivity index (χ1v) is 17.8. The molecular weight excluding hydrogens is 623 g/mol. The molecule has 0 saturated heterocycles. The second-order valence-electron chi connectivity index (χ2n) is 13.4. The summed E-state index contributed by atoms with van der Waals surface area (Å²) in [5, 5.41) is 9.07. The van der Waals surface area contributed by atoms with Gasteiger partial charge in [-0.1, -0.05) is 146 Å². The van der Waals surface area contributed by atoms with Crippen molar-refractivity contribution in [3.63, 3.8) is 0 Å². The first-order chi connectivity index (χ1) is 24.7. The summed E-state index contributed by atoms with van der Waals surface area (Å²) in [6, 6.07) is 62.0. The molecule has 1 aliphatic carbocycles. The van der Waals surface area contributed by atoms with Crippen LogP contribution >= 0.6 is 12.6 Å². The van der Waals surface area contributed by atoms with E-state index >= 15 is 0 Å². The molecule has 0 amide bonds. The van der Waals surface area contributed by atoms with Gasteiger partial charge in [0.2, 0.25) is 0 Å². The predicted octanol–water partition coefficient (Wildman–Crippen LogP) is 13.2. The minimum atomic E-state index is 0.0418. The second kappa shape index (κ2) is 11.7. The molecule has 10 rings (SSSR count). The molecule has 1 heterocycles. The Kier molecular flexibility index (Phi) is 6.79. The number of allylic oxidation sites excluding steroid dienone is 1. The summed E-state index contributed by atoms with van der Waals surface area (Å²) in [6.07, 6.45) is 4.63. The van der Waals surface area contributed by atoms with Gasteiger partial charge in [0.15, 0.2) is 0 Å². The number of aromatic nitrogens is 1. The van der Waals surface area contributed by atoms with Crippen molar-refractivity contribution in [2.75, 3.05) is 0 Å². The number of rotatable bonds is 4. The highest BCUT2D eigenvalue weighted by Crippen LogP contribution is 2.48. The second-order valence-corrected chi connectivity index (χ2v) is 13.9. The number of hydrogen-bond acceptors (Lipinski definition) is 1. The van der Waals surface area contributed by atoms with E-state index in [-0.39, 0.29) is 11.2 Å². The van der Waals surface area contributed by atoms with E-state index in [1.165, 1.54) is 82.3 Å². The van der Waals surface area contributed by atoms with Crippen molar-refractivity contribution in [1.82, 2.24) is 4.57 Å². The van der Waals surface area contributed by atoms with Crippen LogP contribution in [0.5, 0.6) is 0 Å². The molecule has 0 bridgehead atoms. The largest absolute Gasteiger partial charge is 0.310 e. The van der Waals surface area contributed by atoms with E-state index < -0.39 is 0 Å². The molecule has 0 spiro atoms. The quantitative estimate of drug-likeness (QED) is 0.142. The molecule has 1 aliphatic rings. The molecule has 236 valence electrons. The van der Waals surface area contributed by atoms with Gasteiger partial charge >= 0.3 is 0 Å². The lowest BCUT2D eigenvalue weighted by atomic mass is 9.86. The van der Waals surface area contributed by atoms with Crippen LogP contribution in [0.2, 0.25) is 0 Å². The fraction of sp³-hybridized carbons (Fsp3) is 0.0417. The minimum Gasteiger partial charge on any atom is -0.310 e. The minimum absolute atomic E-state index is 0.0418. The molecule has 0 saturated carbocycles. The van der Waals surface area contributed by atoms with Gasteiger partial charge in [-0.15, -0.1) is 0 Å². The number of nitrogens with zero attached hydrogens (tertiary/aromatic N) is 1. The number of fused-ring (bicyclic) bond motifs is 9. The molecule has 0 fully saturated rings. The highest BCUT2D eigenvalue weighted by molar-refractivity contribution is 7.80. The third-order valence-electron chi connectivity index (χ3n) is 10.6. The van der Waals surface area contributed by atoms with Crippen molar-refractivity contribution >= 4 is 61.9 Å². The zero-order valence-corrected chi connectivity index (χ0v) is 28.3. The van der Waals surface area contributed by atoms with Crippen LogP contribution in [0.3, 0.4) is 0 Å². The SMILES string of the molecule is SC1c2c(n(-c3ccccc3)c3cc(-c4cccc(-c5ccc6c7ccccc7c7ccccc7c6c5)c4)ccc23)C=CC1c1ccccc1. The molecule has 2 atom stereocenters. The number of hydrogen-bond donors (Lipinski definition) is 1. The van der Waals surface area contributed by atoms with E-state index in [1.54, 1.807) is 0 Å². The van der Waals surface area contributed by atoms with E-state index in [4.69, 9.17) is 12.6 Å². The Bertz CT molecular complexity index is 2740. The van der Waals surface area contributed by atoms with Gasteiger partial charge in [0, 0.05) is 22.2 Å². The van der Waals surface area contributed by atoms with Gasteiger partial charge in [0.05, 0.1) is 11.2 Å². The molecule has 1 aromatic heterocycles. The number of thiol groups is 1. The third kappa shape index (κ3) is 4.56. The summed E-state index contributed by atoms with van der Waals surface area (Å²) in [6.45, 7) is 0. The van der Waals surface area contributed by atoms with E-state index in [0.29, 0.717) is 0 Å². The number of para-hydroxylation sites is 1. The van der Waals surface area contributed by atoms with Crippen molar-refractivity contribution in [3.05, 3.63) is 193 Å². The van der Waals surface area contributed by atoms with Gasteiger partial charge < -0.3 is 4.57 Å². The predicted molar refractivity (Wildman–Crippen MR) is 217 cm³/mol. The van der Waals surface area contributed by atoms with Crippen molar-refractivity contribution < 1.29 is 0 Å². The van der Waals surface area contributed by atoms with Crippen molar-refractivity contribution in [3.8, 4) is 27.9 Å². The normalized spacial score (nSPS) is 15.6. The van der Waals surface area contributed by atoms with Crippen LogP contribution in [0.4, 0.5) is 0 Å². The van der Waals surface area contributed by atoms with E-state index in [2.05, 4.69) is 187 Å². The Morgan fingerprint density at radius 1 is 0.420 bits per heavy atom. The summed E-state index contributed by atoms with van der Waals surface area (Å²) in [4.78, 5) is 0. The van der Waals surface area contributed by atoms with Crippen LogP contribution in [-0.2, 0) is 0 Å². The van der Waals surface area contributed by atoms with Gasteiger partial charge in [-0.25, -0.2) is 0 Å². The zero-order valence-electron chi connectivity index (χ0n) is 27.4. The summed E-state index contributed by atoms with van der Waals surface area (Å²) in [5.74, 6) is 0.204. The maximum atomic E-state index is 5.30. The molecule has 0 N–H and O–H groups in total. The van der Waals surface area contributed by atoms with Gasteiger partial charge in [0.1, 0.15) is 0 Å². The standard InChI is InChI=1S/C48H33NS/c50-48-37(31-12-3-1-4-13-31)26-27-45-47(48)43-25-23-35(30-46(43)49(45)36-16-5-2-6-17-36)33-15-11-14-32(28-33)34-22-24-42-40-20-8-7-18-38(40)39-19-9-10-21-41(39)44(42)29-34/h1-30,37,48,50H. The smallest absolute Gasteiger partial charge is 0.0544 e. The fourth-order valence-electron chi connectivity index (χ4n) is 8.26. The molecule has 50 heavy (non-hydrogen) atoms. The van der Waals surface area contributed by atoms with E-state index in [1.807, 2.05) is 0 Å². The van der Waals surface area contributed by atoms with Crippen molar-refractivity contribution in [2.24, 2.45) is 0 Å². The first kappa shape index (κ1) is 29.1. The van der Waals surface area contributed by atoms with Crippen LogP contribution in [0.25, 0.3) is 77.2 Å². The Morgan fingerprint density at radius 2 is 0.940 bits per heavy atom. The van der Waals surface area contributed by atoms with E-state index in [9.17, 15) is 0 Å². The monoisotopic (exact) mass is 655 g/mol. The molecule has 2 unspecified atom stereocenters. The van der Waals surface area contributed by atoms with Gasteiger partial charge in [-0.2, -0.15) is 12.6 Å². The Morgan fingerprint density at radius 3 is 1.60 bits per heavy atom. The highest BCUT2D eigenvalue weighted by atomic mass is 32.1. The number of benzene rings is 8. The summed E-state index contributed by atoms with van der Waals surface area (Å²) in [5.41, 5.74) is 11.0. The van der Waals surface area contributed by atoms with Crippen LogP contribution in [-0.4, -0.2) is 4.57 Å². The summed E-state index contributed by atoms with van der Waals surface area (Å²) in [7, 11) is 0. The molecule has 0 radical (unpaired) electrons. The topological polar surface area (TPSA) is 4.93 Å². The molecule has 9 aromatic rings. The average molecular weight is 656 g/mol. The average Bonchev–Trinajstić information content (AvgIpc) is 3.53. The summed E-state index contributed by atoms with van der Waals surface area (Å²) < 4.78 is 2.41. The van der Waals surface area contributed by atoms with Crippen molar-refractivity contribution in [2.45, 2.75) is 11.2 Å². The Labute approximate surface area is 297 Å². The highest BCUT2D eigenvalue weighted by Gasteiger charge is 2.30.